The maximum Gasteiger partial charge on any atom is 0.335 e. The van der Waals surface area contributed by atoms with Crippen LogP contribution in [-0.4, -0.2) is 17.1 Å². The monoisotopic (exact) mass is 289 g/mol. The van der Waals surface area contributed by atoms with Gasteiger partial charge in [-0.25, -0.2) is 4.79 Å². The number of hydrogen-bond donors (Lipinski definition) is 2. The van der Waals surface area contributed by atoms with Crippen LogP contribution in [0.4, 0.5) is 5.69 Å². The van der Waals surface area contributed by atoms with E-state index in [0.29, 0.717) is 22.4 Å². The van der Waals surface area contributed by atoms with Crippen LogP contribution in [0.25, 0.3) is 0 Å². The minimum atomic E-state index is -0.873. The fourth-order valence-corrected chi connectivity index (χ4v) is 4.08. The zero-order valence-corrected chi connectivity index (χ0v) is 13.8. The highest BCUT2D eigenvalue weighted by atomic mass is 16.4. The fraction of sp³-hybridized carbons (Fsp3) is 0.611. The maximum atomic E-state index is 11.1. The molecule has 0 radical (unpaired) electrons. The van der Waals surface area contributed by atoms with E-state index in [1.807, 2.05) is 13.0 Å². The molecular weight excluding hydrogens is 262 g/mol. The van der Waals surface area contributed by atoms with Crippen molar-refractivity contribution in [3.05, 3.63) is 29.3 Å². The largest absolute Gasteiger partial charge is 0.478 e. The number of anilines is 1. The summed E-state index contributed by atoms with van der Waals surface area (Å²) >= 11 is 0. The van der Waals surface area contributed by atoms with Crippen molar-refractivity contribution < 1.29 is 9.90 Å². The van der Waals surface area contributed by atoms with E-state index < -0.39 is 5.97 Å². The van der Waals surface area contributed by atoms with Gasteiger partial charge < -0.3 is 10.4 Å². The van der Waals surface area contributed by atoms with Crippen LogP contribution in [0.3, 0.4) is 0 Å². The van der Waals surface area contributed by atoms with E-state index in [-0.39, 0.29) is 0 Å². The van der Waals surface area contributed by atoms with E-state index >= 15 is 0 Å². The minimum Gasteiger partial charge on any atom is -0.478 e. The minimum absolute atomic E-state index is 0.317. The number of aryl methyl sites for hydroxylation is 1. The van der Waals surface area contributed by atoms with Crippen LogP contribution in [0.2, 0.25) is 0 Å². The number of benzene rings is 1. The lowest BCUT2D eigenvalue weighted by Gasteiger charge is -2.45. The van der Waals surface area contributed by atoms with Crippen LogP contribution in [0, 0.1) is 17.8 Å². The lowest BCUT2D eigenvalue weighted by Crippen LogP contribution is -2.40. The third kappa shape index (κ3) is 3.99. The lowest BCUT2D eigenvalue weighted by atomic mass is 9.63. The summed E-state index contributed by atoms with van der Waals surface area (Å²) in [6, 6.07) is 5.70. The van der Waals surface area contributed by atoms with Gasteiger partial charge >= 0.3 is 5.97 Å². The van der Waals surface area contributed by atoms with Crippen LogP contribution in [0.1, 0.15) is 62.9 Å². The second kappa shape index (κ2) is 5.36. The van der Waals surface area contributed by atoms with Crippen molar-refractivity contribution in [1.82, 2.24) is 0 Å². The fourth-order valence-electron chi connectivity index (χ4n) is 4.08. The summed E-state index contributed by atoms with van der Waals surface area (Å²) in [7, 11) is 0. The molecule has 0 amide bonds. The zero-order valence-electron chi connectivity index (χ0n) is 13.8. The Morgan fingerprint density at radius 3 is 2.29 bits per heavy atom. The lowest BCUT2D eigenvalue weighted by molar-refractivity contribution is 0.0696. The Bertz CT molecular complexity index is 530. The summed E-state index contributed by atoms with van der Waals surface area (Å²) < 4.78 is 0. The van der Waals surface area contributed by atoms with Gasteiger partial charge in [-0.2, -0.15) is 0 Å². The summed E-state index contributed by atoms with van der Waals surface area (Å²) in [4.78, 5) is 11.1. The molecule has 0 atom stereocenters. The van der Waals surface area contributed by atoms with Crippen molar-refractivity contribution in [2.75, 3.05) is 5.32 Å². The van der Waals surface area contributed by atoms with E-state index in [1.54, 1.807) is 12.1 Å². The SMILES string of the molecule is Cc1ccc(C(=O)O)cc1NC1CC(C)(C)CC(C)(C)C1. The first-order valence-corrected chi connectivity index (χ1v) is 7.69. The summed E-state index contributed by atoms with van der Waals surface area (Å²) in [5, 5.41) is 12.7. The van der Waals surface area contributed by atoms with Gasteiger partial charge in [0, 0.05) is 11.7 Å². The molecule has 1 saturated carbocycles. The van der Waals surface area contributed by atoms with Gasteiger partial charge in [-0.15, -0.1) is 0 Å². The van der Waals surface area contributed by atoms with E-state index in [4.69, 9.17) is 5.11 Å². The van der Waals surface area contributed by atoms with Crippen molar-refractivity contribution in [2.24, 2.45) is 10.8 Å². The van der Waals surface area contributed by atoms with E-state index in [2.05, 4.69) is 33.0 Å². The second-order valence-electron chi connectivity index (χ2n) is 8.09. The standard InChI is InChI=1S/C18H27NO2/c1-12-6-7-13(16(20)21)8-15(12)19-14-9-17(2,3)11-18(4,5)10-14/h6-8,14,19H,9-11H2,1-5H3,(H,20,21). The molecule has 2 N–H and O–H groups in total. The van der Waals surface area contributed by atoms with Crippen LogP contribution < -0.4 is 5.32 Å². The summed E-state index contributed by atoms with van der Waals surface area (Å²) in [6.45, 7) is 11.3. The first-order chi connectivity index (χ1) is 9.58. The number of nitrogens with one attached hydrogen (secondary N) is 1. The van der Waals surface area contributed by atoms with Crippen molar-refractivity contribution in [2.45, 2.75) is 59.9 Å². The Balaban J connectivity index is 2.21. The Hall–Kier alpha value is -1.51. The van der Waals surface area contributed by atoms with Crippen LogP contribution in [0.5, 0.6) is 0 Å². The molecule has 1 aromatic rings. The summed E-state index contributed by atoms with van der Waals surface area (Å²) in [5.41, 5.74) is 3.03. The highest BCUT2D eigenvalue weighted by Gasteiger charge is 2.38. The van der Waals surface area contributed by atoms with Crippen molar-refractivity contribution in [3.63, 3.8) is 0 Å². The van der Waals surface area contributed by atoms with E-state index in [9.17, 15) is 4.79 Å². The van der Waals surface area contributed by atoms with Gasteiger partial charge in [0.1, 0.15) is 0 Å². The molecule has 0 saturated heterocycles. The van der Waals surface area contributed by atoms with Gasteiger partial charge in [-0.1, -0.05) is 33.8 Å². The van der Waals surface area contributed by atoms with Crippen molar-refractivity contribution in [3.8, 4) is 0 Å². The molecule has 1 aromatic carbocycles. The van der Waals surface area contributed by atoms with Gasteiger partial charge in [-0.3, -0.25) is 0 Å². The molecule has 1 aliphatic rings. The average molecular weight is 289 g/mol. The smallest absolute Gasteiger partial charge is 0.335 e. The molecule has 0 spiro atoms. The van der Waals surface area contributed by atoms with Crippen molar-refractivity contribution in [1.29, 1.82) is 0 Å². The van der Waals surface area contributed by atoms with Gasteiger partial charge in [0.25, 0.3) is 0 Å². The molecule has 21 heavy (non-hydrogen) atoms. The topological polar surface area (TPSA) is 49.3 Å². The summed E-state index contributed by atoms with van der Waals surface area (Å²) in [6.07, 6.45) is 3.46. The molecule has 1 fully saturated rings. The molecule has 0 aromatic heterocycles. The Morgan fingerprint density at radius 2 is 1.76 bits per heavy atom. The molecule has 3 nitrogen and oxygen atoms in total. The van der Waals surface area contributed by atoms with Gasteiger partial charge in [0.05, 0.1) is 5.56 Å². The first kappa shape index (κ1) is 15.9. The molecule has 0 unspecified atom stereocenters. The maximum absolute atomic E-state index is 11.1. The molecular formula is C18H27NO2. The predicted molar refractivity (Wildman–Crippen MR) is 87.0 cm³/mol. The highest BCUT2D eigenvalue weighted by Crippen LogP contribution is 2.46. The molecule has 116 valence electrons. The normalized spacial score (nSPS) is 21.0. The van der Waals surface area contributed by atoms with E-state index in [0.717, 1.165) is 24.1 Å². The van der Waals surface area contributed by atoms with Crippen LogP contribution in [-0.2, 0) is 0 Å². The quantitative estimate of drug-likeness (QED) is 0.847. The number of carboxylic acids is 1. The molecule has 0 heterocycles. The predicted octanol–water partition coefficient (Wildman–Crippen LogP) is 4.71. The van der Waals surface area contributed by atoms with E-state index in [1.165, 1.54) is 6.42 Å². The zero-order chi connectivity index (χ0) is 15.8. The third-order valence-electron chi connectivity index (χ3n) is 4.40. The molecule has 0 bridgehead atoms. The van der Waals surface area contributed by atoms with Crippen LogP contribution >= 0.6 is 0 Å². The summed E-state index contributed by atoms with van der Waals surface area (Å²) in [5.74, 6) is -0.873. The molecule has 2 rings (SSSR count). The first-order valence-electron chi connectivity index (χ1n) is 7.69. The highest BCUT2D eigenvalue weighted by molar-refractivity contribution is 5.89. The average Bonchev–Trinajstić information content (AvgIpc) is 2.27. The number of aromatic carboxylic acids is 1. The number of rotatable bonds is 3. The Kier molecular flexibility index (Phi) is 4.05. The second-order valence-corrected chi connectivity index (χ2v) is 8.09. The molecule has 3 heteroatoms. The Morgan fingerprint density at radius 1 is 1.19 bits per heavy atom. The Labute approximate surface area is 127 Å². The number of carbonyl (C=O) groups is 1. The van der Waals surface area contributed by atoms with Gasteiger partial charge in [0.2, 0.25) is 0 Å². The number of hydrogen-bond acceptors (Lipinski definition) is 2. The van der Waals surface area contributed by atoms with Crippen molar-refractivity contribution >= 4 is 11.7 Å². The van der Waals surface area contributed by atoms with Crippen LogP contribution in [0.15, 0.2) is 18.2 Å². The molecule has 0 aliphatic heterocycles. The molecule has 1 aliphatic carbocycles. The van der Waals surface area contributed by atoms with Gasteiger partial charge in [0.15, 0.2) is 0 Å². The number of carboxylic acid groups (broad SMARTS) is 1. The van der Waals surface area contributed by atoms with Gasteiger partial charge in [-0.05, 0) is 54.7 Å². The third-order valence-corrected chi connectivity index (χ3v) is 4.40.